The summed E-state index contributed by atoms with van der Waals surface area (Å²) >= 11 is 0. The highest BCUT2D eigenvalue weighted by Crippen LogP contribution is 2.16. The first-order valence-electron chi connectivity index (χ1n) is 29.6. The van der Waals surface area contributed by atoms with Crippen molar-refractivity contribution >= 4 is 17.9 Å². The lowest BCUT2D eigenvalue weighted by molar-refractivity contribution is -0.167. The molecular formula is C62H112O6. The van der Waals surface area contributed by atoms with Crippen LogP contribution in [0.1, 0.15) is 310 Å². The zero-order valence-corrected chi connectivity index (χ0v) is 45.4. The molecule has 6 nitrogen and oxygen atoms in total. The molecule has 0 N–H and O–H groups in total. The van der Waals surface area contributed by atoms with E-state index in [4.69, 9.17) is 14.2 Å². The molecule has 68 heavy (non-hydrogen) atoms. The normalized spacial score (nSPS) is 12.3. The molecule has 1 atom stereocenters. The molecule has 0 heterocycles. The van der Waals surface area contributed by atoms with Crippen LogP contribution in [0, 0.1) is 0 Å². The molecule has 0 aliphatic carbocycles. The van der Waals surface area contributed by atoms with E-state index in [9.17, 15) is 14.4 Å². The molecule has 0 unspecified atom stereocenters. The van der Waals surface area contributed by atoms with E-state index in [2.05, 4.69) is 69.4 Å². The number of esters is 3. The summed E-state index contributed by atoms with van der Waals surface area (Å²) in [5.41, 5.74) is 0. The number of carbonyl (C=O) groups excluding carboxylic acids is 3. The standard InChI is InChI=1S/C62H112O6/c1-4-7-10-13-16-19-22-25-28-30-31-33-34-37-40-43-46-49-52-55-61(64)67-58-59(57-66-60(63)54-51-48-45-42-39-36-27-24-21-18-15-12-9-6-3)68-62(65)56-53-50-47-44-41-38-35-32-29-26-23-20-17-14-11-8-5-2/h17,20,24,26-27,29,35,38,59H,4-16,18-19,21-23,25,28,30-34,36-37,39-58H2,1-3H3/b20-17-,27-24-,29-26-,38-35-/t59-/m1/s1. The Morgan fingerprint density at radius 1 is 0.294 bits per heavy atom. The van der Waals surface area contributed by atoms with Crippen LogP contribution >= 0.6 is 0 Å². The van der Waals surface area contributed by atoms with Gasteiger partial charge in [0.2, 0.25) is 0 Å². The molecule has 0 saturated carbocycles. The Bertz CT molecular complexity index is 1190. The van der Waals surface area contributed by atoms with Crippen molar-refractivity contribution in [1.82, 2.24) is 0 Å². The Labute approximate surface area is 422 Å². The Hall–Kier alpha value is -2.63. The van der Waals surface area contributed by atoms with Crippen LogP contribution in [0.2, 0.25) is 0 Å². The van der Waals surface area contributed by atoms with Gasteiger partial charge in [-0.25, -0.2) is 0 Å². The van der Waals surface area contributed by atoms with Crippen molar-refractivity contribution in [3.05, 3.63) is 48.6 Å². The lowest BCUT2D eigenvalue weighted by atomic mass is 10.0. The van der Waals surface area contributed by atoms with Crippen LogP contribution < -0.4 is 0 Å². The fraction of sp³-hybridized carbons (Fsp3) is 0.823. The highest BCUT2D eigenvalue weighted by Gasteiger charge is 2.19. The van der Waals surface area contributed by atoms with E-state index >= 15 is 0 Å². The highest BCUT2D eigenvalue weighted by molar-refractivity contribution is 5.71. The van der Waals surface area contributed by atoms with Gasteiger partial charge < -0.3 is 14.2 Å². The Morgan fingerprint density at radius 2 is 0.529 bits per heavy atom. The van der Waals surface area contributed by atoms with Gasteiger partial charge in [0.15, 0.2) is 6.10 Å². The highest BCUT2D eigenvalue weighted by atomic mass is 16.6. The van der Waals surface area contributed by atoms with Crippen molar-refractivity contribution in [3.8, 4) is 0 Å². The fourth-order valence-electron chi connectivity index (χ4n) is 8.56. The van der Waals surface area contributed by atoms with Gasteiger partial charge in [0.25, 0.3) is 0 Å². The monoisotopic (exact) mass is 953 g/mol. The van der Waals surface area contributed by atoms with Gasteiger partial charge >= 0.3 is 17.9 Å². The van der Waals surface area contributed by atoms with Gasteiger partial charge in [-0.05, 0) is 83.5 Å². The van der Waals surface area contributed by atoms with Crippen molar-refractivity contribution in [2.45, 2.75) is 316 Å². The van der Waals surface area contributed by atoms with Gasteiger partial charge in [0, 0.05) is 19.3 Å². The van der Waals surface area contributed by atoms with Gasteiger partial charge in [0.1, 0.15) is 13.2 Å². The van der Waals surface area contributed by atoms with Crippen LogP contribution in [0.3, 0.4) is 0 Å². The number of rotatable bonds is 54. The summed E-state index contributed by atoms with van der Waals surface area (Å²) in [7, 11) is 0. The lowest BCUT2D eigenvalue weighted by Crippen LogP contribution is -2.30. The largest absolute Gasteiger partial charge is 0.462 e. The molecule has 0 radical (unpaired) electrons. The van der Waals surface area contributed by atoms with E-state index < -0.39 is 6.10 Å². The predicted molar refractivity (Wildman–Crippen MR) is 293 cm³/mol. The Morgan fingerprint density at radius 3 is 0.868 bits per heavy atom. The van der Waals surface area contributed by atoms with E-state index in [1.807, 2.05) is 0 Å². The molecule has 0 aliphatic rings. The van der Waals surface area contributed by atoms with E-state index in [1.165, 1.54) is 180 Å². The molecule has 0 bridgehead atoms. The Balaban J connectivity index is 4.37. The third-order valence-corrected chi connectivity index (χ3v) is 13.1. The first-order chi connectivity index (χ1) is 33.5. The molecule has 0 aromatic heterocycles. The minimum atomic E-state index is -0.786. The van der Waals surface area contributed by atoms with E-state index in [1.54, 1.807) is 0 Å². The summed E-state index contributed by atoms with van der Waals surface area (Å²) in [5.74, 6) is -0.897. The zero-order valence-electron chi connectivity index (χ0n) is 45.4. The van der Waals surface area contributed by atoms with Crippen LogP contribution in [0.4, 0.5) is 0 Å². The smallest absolute Gasteiger partial charge is 0.306 e. The van der Waals surface area contributed by atoms with Crippen LogP contribution in [0.5, 0.6) is 0 Å². The molecule has 0 aromatic carbocycles. The topological polar surface area (TPSA) is 78.9 Å². The zero-order chi connectivity index (χ0) is 49.3. The van der Waals surface area contributed by atoms with Crippen molar-refractivity contribution in [2.75, 3.05) is 13.2 Å². The Kier molecular flexibility index (Phi) is 54.8. The SMILES string of the molecule is CCCCC/C=C\C/C=C\C/C=C\CCCCCCC(=O)O[C@H](COC(=O)CCCCCCC/C=C\CCCCCCC)COC(=O)CCCCCCCCCCCCCCCCCCCCC. The number of hydrogen-bond acceptors (Lipinski definition) is 6. The minimum absolute atomic E-state index is 0.0818. The third kappa shape index (κ3) is 54.3. The van der Waals surface area contributed by atoms with Gasteiger partial charge in [-0.1, -0.05) is 256 Å². The van der Waals surface area contributed by atoms with Crippen molar-refractivity contribution in [3.63, 3.8) is 0 Å². The van der Waals surface area contributed by atoms with Crippen LogP contribution in [-0.4, -0.2) is 37.2 Å². The number of allylic oxidation sites excluding steroid dienone is 8. The number of carbonyl (C=O) groups is 3. The average molecular weight is 954 g/mol. The quantitative estimate of drug-likeness (QED) is 0.0262. The third-order valence-electron chi connectivity index (χ3n) is 13.1. The van der Waals surface area contributed by atoms with Crippen LogP contribution in [0.25, 0.3) is 0 Å². The van der Waals surface area contributed by atoms with E-state index in [0.29, 0.717) is 19.3 Å². The van der Waals surface area contributed by atoms with E-state index in [-0.39, 0.29) is 31.1 Å². The maximum Gasteiger partial charge on any atom is 0.306 e. The maximum absolute atomic E-state index is 12.9. The second-order valence-corrected chi connectivity index (χ2v) is 19.9. The number of ether oxygens (including phenoxy) is 3. The minimum Gasteiger partial charge on any atom is -0.462 e. The van der Waals surface area contributed by atoms with Gasteiger partial charge in [-0.2, -0.15) is 0 Å². The summed E-state index contributed by atoms with van der Waals surface area (Å²) in [4.78, 5) is 38.2. The molecule has 0 saturated heterocycles. The summed E-state index contributed by atoms with van der Waals surface area (Å²) in [6.07, 6.45) is 69.6. The predicted octanol–water partition coefficient (Wildman–Crippen LogP) is 19.8. The lowest BCUT2D eigenvalue weighted by Gasteiger charge is -2.18. The second-order valence-electron chi connectivity index (χ2n) is 19.9. The first kappa shape index (κ1) is 65.4. The molecule has 0 fully saturated rings. The van der Waals surface area contributed by atoms with Crippen molar-refractivity contribution in [1.29, 1.82) is 0 Å². The van der Waals surface area contributed by atoms with Gasteiger partial charge in [0.05, 0.1) is 0 Å². The molecule has 6 heteroatoms. The molecule has 0 aliphatic heterocycles. The molecular weight excluding hydrogens is 841 g/mol. The van der Waals surface area contributed by atoms with Crippen LogP contribution in [0.15, 0.2) is 48.6 Å². The summed E-state index contributed by atoms with van der Waals surface area (Å²) in [6, 6.07) is 0. The summed E-state index contributed by atoms with van der Waals surface area (Å²) < 4.78 is 16.9. The second kappa shape index (κ2) is 57.0. The summed E-state index contributed by atoms with van der Waals surface area (Å²) in [5, 5.41) is 0. The van der Waals surface area contributed by atoms with E-state index in [0.717, 1.165) is 89.9 Å². The molecule has 396 valence electrons. The number of hydrogen-bond donors (Lipinski definition) is 0. The number of unbranched alkanes of at least 4 members (excludes halogenated alkanes) is 35. The molecule has 0 amide bonds. The molecule has 0 rings (SSSR count). The summed E-state index contributed by atoms with van der Waals surface area (Å²) in [6.45, 7) is 6.62. The van der Waals surface area contributed by atoms with Gasteiger partial charge in [-0.15, -0.1) is 0 Å². The maximum atomic E-state index is 12.9. The first-order valence-corrected chi connectivity index (χ1v) is 29.6. The van der Waals surface area contributed by atoms with Crippen LogP contribution in [-0.2, 0) is 28.6 Å². The van der Waals surface area contributed by atoms with Crippen molar-refractivity contribution in [2.24, 2.45) is 0 Å². The average Bonchev–Trinajstić information content (AvgIpc) is 3.34. The molecule has 0 spiro atoms. The van der Waals surface area contributed by atoms with Crippen molar-refractivity contribution < 1.29 is 28.6 Å². The van der Waals surface area contributed by atoms with Gasteiger partial charge in [-0.3, -0.25) is 14.4 Å². The fourth-order valence-corrected chi connectivity index (χ4v) is 8.56. The molecule has 0 aromatic rings.